The first-order valence-corrected chi connectivity index (χ1v) is 8.27. The molecule has 0 bridgehead atoms. The quantitative estimate of drug-likeness (QED) is 0.899. The average Bonchev–Trinajstić information content (AvgIpc) is 2.57. The Kier molecular flexibility index (Phi) is 5.95. The Morgan fingerprint density at radius 3 is 2.21 bits per heavy atom. The van der Waals surface area contributed by atoms with E-state index in [1.54, 1.807) is 22.8 Å². The molecule has 0 unspecified atom stereocenters. The van der Waals surface area contributed by atoms with E-state index in [1.807, 2.05) is 26.0 Å². The van der Waals surface area contributed by atoms with Crippen LogP contribution in [-0.2, 0) is 9.59 Å². The van der Waals surface area contributed by atoms with Gasteiger partial charge in [0.2, 0.25) is 11.8 Å². The van der Waals surface area contributed by atoms with Crippen molar-refractivity contribution in [2.24, 2.45) is 0 Å². The second-order valence-electron chi connectivity index (χ2n) is 6.19. The van der Waals surface area contributed by atoms with Crippen molar-refractivity contribution in [2.45, 2.75) is 27.2 Å². The Labute approximate surface area is 142 Å². The predicted octanol–water partition coefficient (Wildman–Crippen LogP) is 1.11. The molecule has 1 N–H and O–H groups in total. The maximum atomic E-state index is 12.2. The summed E-state index contributed by atoms with van der Waals surface area (Å²) in [5.41, 5.74) is 2.83. The van der Waals surface area contributed by atoms with Gasteiger partial charge in [0, 0.05) is 51.6 Å². The van der Waals surface area contributed by atoms with Crippen LogP contribution in [0.5, 0.6) is 0 Å². The molecule has 1 aromatic carbocycles. The van der Waals surface area contributed by atoms with E-state index in [1.165, 1.54) is 0 Å². The molecule has 3 amide bonds. The van der Waals surface area contributed by atoms with Crippen LogP contribution in [0.25, 0.3) is 0 Å². The molecule has 6 heteroatoms. The number of piperazine rings is 1. The monoisotopic (exact) mass is 331 g/mol. The van der Waals surface area contributed by atoms with Gasteiger partial charge in [-0.15, -0.1) is 0 Å². The van der Waals surface area contributed by atoms with E-state index in [0.29, 0.717) is 38.3 Å². The van der Waals surface area contributed by atoms with Gasteiger partial charge >= 0.3 is 0 Å². The van der Waals surface area contributed by atoms with Gasteiger partial charge in [0.05, 0.1) is 0 Å². The number of rotatable bonds is 4. The van der Waals surface area contributed by atoms with Crippen molar-refractivity contribution >= 4 is 17.7 Å². The normalized spacial score (nSPS) is 14.5. The SMILES string of the molecule is CC(=O)N1CCN(C(=O)CCNC(=O)c2ccc(C)c(C)c2)CC1. The first-order valence-electron chi connectivity index (χ1n) is 8.27. The first kappa shape index (κ1) is 18.0. The summed E-state index contributed by atoms with van der Waals surface area (Å²) >= 11 is 0. The number of carbonyl (C=O) groups is 3. The maximum Gasteiger partial charge on any atom is 0.251 e. The van der Waals surface area contributed by atoms with Crippen LogP contribution in [0, 0.1) is 13.8 Å². The van der Waals surface area contributed by atoms with Crippen LogP contribution in [0.1, 0.15) is 34.8 Å². The number of nitrogens with zero attached hydrogens (tertiary/aromatic N) is 2. The number of benzene rings is 1. The molecule has 0 radical (unpaired) electrons. The predicted molar refractivity (Wildman–Crippen MR) is 91.7 cm³/mol. The lowest BCUT2D eigenvalue weighted by atomic mass is 10.1. The summed E-state index contributed by atoms with van der Waals surface area (Å²) in [6, 6.07) is 5.57. The molecule has 1 aliphatic rings. The lowest BCUT2D eigenvalue weighted by Crippen LogP contribution is -2.50. The van der Waals surface area contributed by atoms with Gasteiger partial charge in [0.25, 0.3) is 5.91 Å². The number of hydrogen-bond acceptors (Lipinski definition) is 3. The zero-order valence-electron chi connectivity index (χ0n) is 14.6. The van der Waals surface area contributed by atoms with Gasteiger partial charge in [-0.1, -0.05) is 6.07 Å². The second kappa shape index (κ2) is 7.95. The van der Waals surface area contributed by atoms with Gasteiger partial charge in [-0.25, -0.2) is 0 Å². The number of nitrogens with one attached hydrogen (secondary N) is 1. The molecule has 0 aromatic heterocycles. The third-order valence-electron chi connectivity index (χ3n) is 4.47. The Hall–Kier alpha value is -2.37. The van der Waals surface area contributed by atoms with Gasteiger partial charge in [0.15, 0.2) is 0 Å². The van der Waals surface area contributed by atoms with Crippen LogP contribution in [0.2, 0.25) is 0 Å². The maximum absolute atomic E-state index is 12.2. The molecule has 0 atom stereocenters. The molecular formula is C18H25N3O3. The van der Waals surface area contributed by atoms with E-state index in [2.05, 4.69) is 5.32 Å². The van der Waals surface area contributed by atoms with Crippen LogP contribution in [-0.4, -0.2) is 60.2 Å². The number of carbonyl (C=O) groups excluding carboxylic acids is 3. The van der Waals surface area contributed by atoms with Crippen molar-refractivity contribution in [1.29, 1.82) is 0 Å². The summed E-state index contributed by atoms with van der Waals surface area (Å²) < 4.78 is 0. The third-order valence-corrected chi connectivity index (χ3v) is 4.47. The molecule has 130 valence electrons. The molecule has 1 aromatic rings. The van der Waals surface area contributed by atoms with Crippen molar-refractivity contribution in [2.75, 3.05) is 32.7 Å². The Morgan fingerprint density at radius 1 is 1.00 bits per heavy atom. The molecular weight excluding hydrogens is 306 g/mol. The molecule has 1 heterocycles. The number of amides is 3. The van der Waals surface area contributed by atoms with E-state index in [0.717, 1.165) is 11.1 Å². The fourth-order valence-corrected chi connectivity index (χ4v) is 2.70. The Balaban J connectivity index is 1.75. The smallest absolute Gasteiger partial charge is 0.251 e. The van der Waals surface area contributed by atoms with Gasteiger partial charge in [-0.3, -0.25) is 14.4 Å². The summed E-state index contributed by atoms with van der Waals surface area (Å²) in [5, 5.41) is 2.79. The first-order chi connectivity index (χ1) is 11.4. The molecule has 1 aliphatic heterocycles. The van der Waals surface area contributed by atoms with Crippen LogP contribution in [0.3, 0.4) is 0 Å². The standard InChI is InChI=1S/C18H25N3O3/c1-13-4-5-16(12-14(13)2)18(24)19-7-6-17(23)21-10-8-20(9-11-21)15(3)22/h4-5,12H,6-11H2,1-3H3,(H,19,24). The highest BCUT2D eigenvalue weighted by Gasteiger charge is 2.22. The molecule has 0 spiro atoms. The fourth-order valence-electron chi connectivity index (χ4n) is 2.70. The van der Waals surface area contributed by atoms with Crippen molar-refractivity contribution < 1.29 is 14.4 Å². The van der Waals surface area contributed by atoms with E-state index < -0.39 is 0 Å². The highest BCUT2D eigenvalue weighted by atomic mass is 16.2. The molecule has 1 saturated heterocycles. The summed E-state index contributed by atoms with van der Waals surface area (Å²) in [7, 11) is 0. The Morgan fingerprint density at radius 2 is 1.62 bits per heavy atom. The van der Waals surface area contributed by atoms with E-state index in [4.69, 9.17) is 0 Å². The molecule has 0 saturated carbocycles. The lowest BCUT2D eigenvalue weighted by Gasteiger charge is -2.34. The zero-order chi connectivity index (χ0) is 17.7. The summed E-state index contributed by atoms with van der Waals surface area (Å²) in [4.78, 5) is 39.0. The largest absolute Gasteiger partial charge is 0.352 e. The summed E-state index contributed by atoms with van der Waals surface area (Å²) in [5.74, 6) is -0.103. The van der Waals surface area contributed by atoms with Gasteiger partial charge in [-0.05, 0) is 37.1 Å². The molecule has 6 nitrogen and oxygen atoms in total. The minimum absolute atomic E-state index is 0.0126. The Bertz CT molecular complexity index is 634. The van der Waals surface area contributed by atoms with Crippen molar-refractivity contribution in [1.82, 2.24) is 15.1 Å². The highest BCUT2D eigenvalue weighted by Crippen LogP contribution is 2.09. The molecule has 1 fully saturated rings. The minimum atomic E-state index is -0.160. The second-order valence-corrected chi connectivity index (χ2v) is 6.19. The van der Waals surface area contributed by atoms with E-state index >= 15 is 0 Å². The number of hydrogen-bond donors (Lipinski definition) is 1. The van der Waals surface area contributed by atoms with Crippen LogP contribution < -0.4 is 5.32 Å². The highest BCUT2D eigenvalue weighted by molar-refractivity contribution is 5.94. The average molecular weight is 331 g/mol. The van der Waals surface area contributed by atoms with Gasteiger partial charge in [-0.2, -0.15) is 0 Å². The lowest BCUT2D eigenvalue weighted by molar-refractivity contribution is -0.138. The number of aryl methyl sites for hydroxylation is 2. The van der Waals surface area contributed by atoms with Crippen LogP contribution in [0.15, 0.2) is 18.2 Å². The summed E-state index contributed by atoms with van der Waals surface area (Å²) in [6.45, 7) is 8.11. The minimum Gasteiger partial charge on any atom is -0.352 e. The van der Waals surface area contributed by atoms with Crippen LogP contribution >= 0.6 is 0 Å². The van der Waals surface area contributed by atoms with Crippen LogP contribution in [0.4, 0.5) is 0 Å². The molecule has 0 aliphatic carbocycles. The molecule has 2 rings (SSSR count). The third kappa shape index (κ3) is 4.57. The van der Waals surface area contributed by atoms with Gasteiger partial charge in [0.1, 0.15) is 0 Å². The van der Waals surface area contributed by atoms with Crippen molar-refractivity contribution in [3.63, 3.8) is 0 Å². The van der Waals surface area contributed by atoms with E-state index in [9.17, 15) is 14.4 Å². The summed E-state index contributed by atoms with van der Waals surface area (Å²) in [6.07, 6.45) is 0.274. The fraction of sp³-hybridized carbons (Fsp3) is 0.500. The van der Waals surface area contributed by atoms with E-state index in [-0.39, 0.29) is 24.1 Å². The molecule has 24 heavy (non-hydrogen) atoms. The van der Waals surface area contributed by atoms with Crippen molar-refractivity contribution in [3.05, 3.63) is 34.9 Å². The zero-order valence-corrected chi connectivity index (χ0v) is 14.6. The van der Waals surface area contributed by atoms with Gasteiger partial charge < -0.3 is 15.1 Å². The topological polar surface area (TPSA) is 69.7 Å². The van der Waals surface area contributed by atoms with Crippen molar-refractivity contribution in [3.8, 4) is 0 Å².